The molecule has 1 aromatic rings. The van der Waals surface area contributed by atoms with Gasteiger partial charge in [0.15, 0.2) is 0 Å². The Morgan fingerprint density at radius 1 is 1.45 bits per heavy atom. The maximum atomic E-state index is 13.6. The summed E-state index contributed by atoms with van der Waals surface area (Å²) in [5.41, 5.74) is -1.51. The van der Waals surface area contributed by atoms with Crippen LogP contribution in [0.1, 0.15) is 36.5 Å². The van der Waals surface area contributed by atoms with Crippen molar-refractivity contribution in [3.63, 3.8) is 0 Å². The van der Waals surface area contributed by atoms with Gasteiger partial charge < -0.3 is 15.5 Å². The largest absolute Gasteiger partial charge is 0.507 e. The Bertz CT molecular complexity index is 540. The third-order valence-corrected chi connectivity index (χ3v) is 3.97. The first-order valence-corrected chi connectivity index (χ1v) is 6.38. The molecule has 3 N–H and O–H groups in total. The van der Waals surface area contributed by atoms with Crippen LogP contribution in [0.2, 0.25) is 0 Å². The summed E-state index contributed by atoms with van der Waals surface area (Å²) < 4.78 is 13.6. The SMILES string of the molecule is CC1(C(=O)O)CCCC1NC(=O)c1c(O)cccc1F. The highest BCUT2D eigenvalue weighted by molar-refractivity contribution is 5.97. The second-order valence-corrected chi connectivity index (χ2v) is 5.27. The van der Waals surface area contributed by atoms with E-state index >= 15 is 0 Å². The van der Waals surface area contributed by atoms with Gasteiger partial charge in [-0.15, -0.1) is 0 Å². The van der Waals surface area contributed by atoms with Crippen molar-refractivity contribution >= 4 is 11.9 Å². The average molecular weight is 281 g/mol. The summed E-state index contributed by atoms with van der Waals surface area (Å²) in [6.45, 7) is 1.56. The molecular weight excluding hydrogens is 265 g/mol. The number of aliphatic carboxylic acids is 1. The number of halogens is 1. The number of carbonyl (C=O) groups excluding carboxylic acids is 1. The van der Waals surface area contributed by atoms with Crippen LogP contribution in [-0.2, 0) is 4.79 Å². The number of phenolic OH excluding ortho intramolecular Hbond substituents is 1. The fraction of sp³-hybridized carbons (Fsp3) is 0.429. The molecule has 0 heterocycles. The number of carboxylic acids is 1. The van der Waals surface area contributed by atoms with Crippen molar-refractivity contribution in [1.82, 2.24) is 5.32 Å². The minimum Gasteiger partial charge on any atom is -0.507 e. The molecule has 0 aliphatic heterocycles. The van der Waals surface area contributed by atoms with Gasteiger partial charge in [-0.2, -0.15) is 0 Å². The molecule has 6 heteroatoms. The number of carbonyl (C=O) groups is 2. The third kappa shape index (κ3) is 2.33. The maximum absolute atomic E-state index is 13.6. The van der Waals surface area contributed by atoms with E-state index in [1.807, 2.05) is 0 Å². The first kappa shape index (κ1) is 14.3. The van der Waals surface area contributed by atoms with E-state index < -0.39 is 40.5 Å². The quantitative estimate of drug-likeness (QED) is 0.789. The first-order chi connectivity index (χ1) is 9.36. The molecule has 5 nitrogen and oxygen atoms in total. The highest BCUT2D eigenvalue weighted by Crippen LogP contribution is 2.38. The maximum Gasteiger partial charge on any atom is 0.311 e. The summed E-state index contributed by atoms with van der Waals surface area (Å²) in [4.78, 5) is 23.4. The van der Waals surface area contributed by atoms with Gasteiger partial charge in [-0.25, -0.2) is 4.39 Å². The van der Waals surface area contributed by atoms with E-state index in [9.17, 15) is 24.2 Å². The fourth-order valence-corrected chi connectivity index (χ4v) is 2.62. The smallest absolute Gasteiger partial charge is 0.311 e. The van der Waals surface area contributed by atoms with Gasteiger partial charge in [-0.1, -0.05) is 12.5 Å². The second-order valence-electron chi connectivity index (χ2n) is 5.27. The highest BCUT2D eigenvalue weighted by Gasteiger charge is 2.46. The number of amides is 1. The highest BCUT2D eigenvalue weighted by atomic mass is 19.1. The summed E-state index contributed by atoms with van der Waals surface area (Å²) in [5.74, 6) is -3.08. The van der Waals surface area contributed by atoms with Gasteiger partial charge in [0.1, 0.15) is 17.1 Å². The van der Waals surface area contributed by atoms with Crippen LogP contribution in [0.3, 0.4) is 0 Å². The minimum absolute atomic E-state index is 0.452. The fourth-order valence-electron chi connectivity index (χ4n) is 2.62. The predicted molar refractivity (Wildman–Crippen MR) is 68.9 cm³/mol. The summed E-state index contributed by atoms with van der Waals surface area (Å²) in [6.07, 6.45) is 1.65. The standard InChI is InChI=1S/C14H16FNO4/c1-14(13(19)20)7-3-6-10(14)16-12(18)11-8(15)4-2-5-9(11)17/h2,4-5,10,17H,3,6-7H2,1H3,(H,16,18)(H,19,20). The summed E-state index contributed by atoms with van der Waals surface area (Å²) >= 11 is 0. The molecule has 20 heavy (non-hydrogen) atoms. The molecular formula is C14H16FNO4. The van der Waals surface area contributed by atoms with Crippen molar-refractivity contribution in [3.05, 3.63) is 29.6 Å². The lowest BCUT2D eigenvalue weighted by Gasteiger charge is -2.27. The van der Waals surface area contributed by atoms with E-state index in [1.54, 1.807) is 6.92 Å². The van der Waals surface area contributed by atoms with E-state index in [4.69, 9.17) is 0 Å². The molecule has 1 aliphatic carbocycles. The number of carboxylic acid groups (broad SMARTS) is 1. The molecule has 108 valence electrons. The Hall–Kier alpha value is -2.11. The topological polar surface area (TPSA) is 86.6 Å². The van der Waals surface area contributed by atoms with Gasteiger partial charge in [0.2, 0.25) is 0 Å². The molecule has 1 saturated carbocycles. The molecule has 2 rings (SSSR count). The van der Waals surface area contributed by atoms with Gasteiger partial charge >= 0.3 is 5.97 Å². The molecule has 0 saturated heterocycles. The Labute approximate surface area is 115 Å². The van der Waals surface area contributed by atoms with E-state index in [1.165, 1.54) is 12.1 Å². The monoisotopic (exact) mass is 281 g/mol. The first-order valence-electron chi connectivity index (χ1n) is 6.38. The number of benzene rings is 1. The Morgan fingerprint density at radius 2 is 2.15 bits per heavy atom. The molecule has 2 atom stereocenters. The van der Waals surface area contributed by atoms with Crippen LogP contribution >= 0.6 is 0 Å². The summed E-state index contributed by atoms with van der Waals surface area (Å²) in [7, 11) is 0. The second kappa shape index (κ2) is 5.11. The zero-order valence-electron chi connectivity index (χ0n) is 11.0. The predicted octanol–water partition coefficient (Wildman–Crippen LogP) is 1.90. The molecule has 0 bridgehead atoms. The lowest BCUT2D eigenvalue weighted by Crippen LogP contribution is -2.47. The molecule has 2 unspecified atom stereocenters. The molecule has 0 radical (unpaired) electrons. The van der Waals surface area contributed by atoms with Crippen LogP contribution in [0.25, 0.3) is 0 Å². The molecule has 0 aromatic heterocycles. The van der Waals surface area contributed by atoms with Crippen molar-refractivity contribution in [2.75, 3.05) is 0 Å². The van der Waals surface area contributed by atoms with E-state index in [0.29, 0.717) is 19.3 Å². The molecule has 1 amide bonds. The molecule has 1 fully saturated rings. The lowest BCUT2D eigenvalue weighted by atomic mass is 9.85. The van der Waals surface area contributed by atoms with E-state index in [-0.39, 0.29) is 0 Å². The zero-order chi connectivity index (χ0) is 14.9. The van der Waals surface area contributed by atoms with Crippen LogP contribution in [0.4, 0.5) is 4.39 Å². The van der Waals surface area contributed by atoms with Crippen LogP contribution in [-0.4, -0.2) is 28.1 Å². The van der Waals surface area contributed by atoms with Crippen LogP contribution in [0, 0.1) is 11.2 Å². The van der Waals surface area contributed by atoms with Gasteiger partial charge in [-0.3, -0.25) is 9.59 Å². The van der Waals surface area contributed by atoms with Gasteiger partial charge in [0.05, 0.1) is 5.41 Å². The zero-order valence-corrected chi connectivity index (χ0v) is 11.0. The van der Waals surface area contributed by atoms with E-state index in [2.05, 4.69) is 5.32 Å². The molecule has 1 aromatic carbocycles. The number of phenols is 1. The minimum atomic E-state index is -1.06. The van der Waals surface area contributed by atoms with Crippen LogP contribution in [0.5, 0.6) is 5.75 Å². The lowest BCUT2D eigenvalue weighted by molar-refractivity contribution is -0.148. The summed E-state index contributed by atoms with van der Waals surface area (Å²) in [6, 6.07) is 2.99. The number of aromatic hydroxyl groups is 1. The Balaban J connectivity index is 2.22. The average Bonchev–Trinajstić information content (AvgIpc) is 2.72. The Kier molecular flexibility index (Phi) is 3.65. The van der Waals surface area contributed by atoms with Crippen LogP contribution < -0.4 is 5.32 Å². The normalized spacial score (nSPS) is 25.4. The number of rotatable bonds is 3. The molecule has 1 aliphatic rings. The van der Waals surface area contributed by atoms with Crippen molar-refractivity contribution in [1.29, 1.82) is 0 Å². The van der Waals surface area contributed by atoms with Crippen molar-refractivity contribution in [2.45, 2.75) is 32.2 Å². The van der Waals surface area contributed by atoms with Crippen LogP contribution in [0.15, 0.2) is 18.2 Å². The molecule has 0 spiro atoms. The van der Waals surface area contributed by atoms with Crippen molar-refractivity contribution in [2.24, 2.45) is 5.41 Å². The third-order valence-electron chi connectivity index (χ3n) is 3.97. The van der Waals surface area contributed by atoms with Crippen molar-refractivity contribution in [3.8, 4) is 5.75 Å². The van der Waals surface area contributed by atoms with Crippen molar-refractivity contribution < 1.29 is 24.2 Å². The van der Waals surface area contributed by atoms with Gasteiger partial charge in [-0.05, 0) is 31.9 Å². The van der Waals surface area contributed by atoms with Gasteiger partial charge in [0, 0.05) is 6.04 Å². The number of nitrogens with one attached hydrogen (secondary N) is 1. The summed E-state index contributed by atoms with van der Waals surface area (Å²) in [5, 5.41) is 21.3. The van der Waals surface area contributed by atoms with Gasteiger partial charge in [0.25, 0.3) is 5.91 Å². The number of hydrogen-bond acceptors (Lipinski definition) is 3. The van der Waals surface area contributed by atoms with E-state index in [0.717, 1.165) is 6.07 Å². The number of hydrogen-bond donors (Lipinski definition) is 3. The Morgan fingerprint density at radius 3 is 2.75 bits per heavy atom.